The van der Waals surface area contributed by atoms with Crippen LogP contribution in [0.15, 0.2) is 6.20 Å². The van der Waals surface area contributed by atoms with E-state index in [2.05, 4.69) is 15.3 Å². The Bertz CT molecular complexity index is 2250. The lowest BCUT2D eigenvalue weighted by molar-refractivity contribution is 0.0636. The van der Waals surface area contributed by atoms with Crippen LogP contribution in [0.1, 0.15) is 56.7 Å². The Morgan fingerprint density at radius 3 is 2.50 bits per heavy atom. The fourth-order valence-electron chi connectivity index (χ4n) is 8.12. The Hall–Kier alpha value is -4.99. The number of likely N-dealkylation sites (tertiary alicyclic amines) is 2. The number of fused-ring (bicyclic) bond motifs is 6. The monoisotopic (exact) mass is 766 g/mol. The third kappa shape index (κ3) is 6.17. The number of pyridine rings is 1. The fraction of sp³-hybridized carbons (Fsp3) is 0.500. The summed E-state index contributed by atoms with van der Waals surface area (Å²) in [6.07, 6.45) is -0.330. The Labute approximate surface area is 311 Å². The van der Waals surface area contributed by atoms with E-state index in [0.717, 1.165) is 17.5 Å². The highest BCUT2D eigenvalue weighted by Crippen LogP contribution is 2.48. The van der Waals surface area contributed by atoms with E-state index < -0.39 is 35.6 Å². The predicted molar refractivity (Wildman–Crippen MR) is 191 cm³/mol. The number of likely N-dealkylation sites (N-methyl/N-ethyl adjacent to an activating group) is 1. The number of rotatable bonds is 6. The molecule has 54 heavy (non-hydrogen) atoms. The number of benzene rings is 1. The van der Waals surface area contributed by atoms with Gasteiger partial charge in [-0.3, -0.25) is 15.2 Å². The first-order valence-corrected chi connectivity index (χ1v) is 18.4. The van der Waals surface area contributed by atoms with Gasteiger partial charge in [0.25, 0.3) is 0 Å². The lowest BCUT2D eigenvalue weighted by Gasteiger charge is -2.41. The molecule has 1 aromatic carbocycles. The number of amides is 2. The highest BCUT2D eigenvalue weighted by atomic mass is 32.1. The smallest absolute Gasteiger partial charge is 0.412 e. The van der Waals surface area contributed by atoms with E-state index in [1.165, 1.54) is 4.90 Å². The van der Waals surface area contributed by atoms with E-state index in [0.29, 0.717) is 35.2 Å². The maximum absolute atomic E-state index is 17.6. The largest absolute Gasteiger partial charge is 0.465 e. The molecule has 4 aromatic rings. The highest BCUT2D eigenvalue weighted by molar-refractivity contribution is 7.23. The number of hydrogen-bond acceptors (Lipinski definition) is 12. The first-order chi connectivity index (χ1) is 25.7. The number of thiophene rings is 1. The van der Waals surface area contributed by atoms with Crippen LogP contribution in [0.2, 0.25) is 0 Å². The zero-order chi connectivity index (χ0) is 38.2. The lowest BCUT2D eigenvalue weighted by atomic mass is 9.93. The van der Waals surface area contributed by atoms with Crippen LogP contribution in [0.4, 0.5) is 33.6 Å². The number of anilines is 2. The van der Waals surface area contributed by atoms with Crippen LogP contribution in [-0.4, -0.2) is 105 Å². The van der Waals surface area contributed by atoms with Crippen molar-refractivity contribution in [3.8, 4) is 23.3 Å². The van der Waals surface area contributed by atoms with Crippen molar-refractivity contribution in [2.24, 2.45) is 0 Å². The number of aromatic nitrogens is 3. The zero-order valence-electron chi connectivity index (χ0n) is 29.9. The number of piperazine rings is 1. The molecule has 3 fully saturated rings. The number of nitrogens with one attached hydrogen (secondary N) is 1. The molecule has 8 rings (SSSR count). The number of carbonyl (C=O) groups excluding carboxylic acids is 1. The zero-order valence-corrected chi connectivity index (χ0v) is 30.7. The second-order valence-corrected chi connectivity index (χ2v) is 16.1. The molecule has 2 bridgehead atoms. The van der Waals surface area contributed by atoms with Gasteiger partial charge in [0.15, 0.2) is 11.6 Å². The molecule has 0 saturated carbocycles. The molecule has 4 aliphatic rings. The number of ether oxygens (including phenoxy) is 3. The number of alkyl halides is 1. The first kappa shape index (κ1) is 36.0. The van der Waals surface area contributed by atoms with E-state index in [1.54, 1.807) is 27.8 Å². The van der Waals surface area contributed by atoms with Crippen molar-refractivity contribution in [3.63, 3.8) is 0 Å². The van der Waals surface area contributed by atoms with Gasteiger partial charge >= 0.3 is 18.2 Å². The Kier molecular flexibility index (Phi) is 8.93. The molecular weight excluding hydrogens is 730 g/mol. The maximum atomic E-state index is 17.6. The minimum absolute atomic E-state index is 0.000420. The van der Waals surface area contributed by atoms with E-state index in [-0.39, 0.29) is 107 Å². The minimum atomic E-state index is -1.02. The van der Waals surface area contributed by atoms with E-state index >= 15 is 8.78 Å². The van der Waals surface area contributed by atoms with Crippen molar-refractivity contribution in [2.45, 2.75) is 83.1 Å². The third-order valence-electron chi connectivity index (χ3n) is 10.4. The first-order valence-electron chi connectivity index (χ1n) is 17.6. The summed E-state index contributed by atoms with van der Waals surface area (Å²) >= 11 is 0.801. The van der Waals surface area contributed by atoms with Gasteiger partial charge in [0, 0.05) is 48.7 Å². The quantitative estimate of drug-likeness (QED) is 0.229. The molecule has 0 aliphatic carbocycles. The summed E-state index contributed by atoms with van der Waals surface area (Å²) in [5.41, 5.74) is -0.220. The summed E-state index contributed by atoms with van der Waals surface area (Å²) in [7, 11) is 1.79. The predicted octanol–water partition coefficient (Wildman–Crippen LogP) is 6.19. The van der Waals surface area contributed by atoms with Crippen LogP contribution in [0.25, 0.3) is 32.2 Å². The normalized spacial score (nSPS) is 22.6. The number of halogens is 3. The Morgan fingerprint density at radius 1 is 1.13 bits per heavy atom. The molecule has 284 valence electrons. The fourth-order valence-corrected chi connectivity index (χ4v) is 9.16. The summed E-state index contributed by atoms with van der Waals surface area (Å²) in [5, 5.41) is 23.1. The van der Waals surface area contributed by atoms with Gasteiger partial charge in [-0.1, -0.05) is 0 Å². The van der Waals surface area contributed by atoms with Gasteiger partial charge in [-0.05, 0) is 58.2 Å². The van der Waals surface area contributed by atoms with Crippen molar-refractivity contribution in [1.29, 1.82) is 5.26 Å². The van der Waals surface area contributed by atoms with Crippen LogP contribution in [-0.2, 0) is 22.7 Å². The average molecular weight is 767 g/mol. The summed E-state index contributed by atoms with van der Waals surface area (Å²) in [6.45, 7) is 5.78. The topological polar surface area (TPSA) is 166 Å². The molecule has 14 nitrogen and oxygen atoms in total. The van der Waals surface area contributed by atoms with Crippen LogP contribution in [0.5, 0.6) is 6.01 Å². The van der Waals surface area contributed by atoms with Crippen molar-refractivity contribution >= 4 is 55.3 Å². The van der Waals surface area contributed by atoms with Crippen molar-refractivity contribution in [3.05, 3.63) is 34.5 Å². The molecular formula is C36H37F3N8O6S. The van der Waals surface area contributed by atoms with E-state index in [9.17, 15) is 24.3 Å². The molecule has 0 radical (unpaired) electrons. The van der Waals surface area contributed by atoms with Gasteiger partial charge in [-0.2, -0.15) is 15.2 Å². The summed E-state index contributed by atoms with van der Waals surface area (Å²) in [6, 6.07) is 1.12. The SMILES string of the molecule is CN1C[C@H](F)C[C@H]1COc1nc(N2C3CCC2CN(C(=O)O)C3)c2c3c(c(-c4ncc(F)c5sc(NC(=O)OC(C)(C)C)c(C#N)c45)c(F)c2n1)COC3. The minimum Gasteiger partial charge on any atom is -0.465 e. The number of carboxylic acid groups (broad SMARTS) is 1. The average Bonchev–Trinajstić information content (AvgIpc) is 3.86. The number of nitrogens with zero attached hydrogens (tertiary/aromatic N) is 7. The van der Waals surface area contributed by atoms with Gasteiger partial charge in [0.05, 0.1) is 40.8 Å². The number of nitriles is 1. The van der Waals surface area contributed by atoms with Crippen LogP contribution in [0, 0.1) is 23.0 Å². The molecule has 18 heteroatoms. The molecule has 3 saturated heterocycles. The Morgan fingerprint density at radius 2 is 1.85 bits per heavy atom. The molecule has 7 heterocycles. The van der Waals surface area contributed by atoms with Crippen molar-refractivity contribution in [1.82, 2.24) is 24.8 Å². The van der Waals surface area contributed by atoms with E-state index in [4.69, 9.17) is 19.2 Å². The van der Waals surface area contributed by atoms with Gasteiger partial charge in [-0.25, -0.2) is 22.8 Å². The van der Waals surface area contributed by atoms with Gasteiger partial charge < -0.3 is 29.1 Å². The number of carbonyl (C=O) groups is 2. The van der Waals surface area contributed by atoms with Crippen LogP contribution in [0.3, 0.4) is 0 Å². The highest BCUT2D eigenvalue weighted by Gasteiger charge is 2.44. The van der Waals surface area contributed by atoms with Gasteiger partial charge in [0.2, 0.25) is 0 Å². The summed E-state index contributed by atoms with van der Waals surface area (Å²) < 4.78 is 64.6. The molecule has 4 atom stereocenters. The number of hydrogen-bond donors (Lipinski definition) is 2. The molecule has 2 amide bonds. The van der Waals surface area contributed by atoms with Crippen molar-refractivity contribution in [2.75, 3.05) is 43.5 Å². The van der Waals surface area contributed by atoms with Crippen LogP contribution < -0.4 is 15.0 Å². The lowest BCUT2D eigenvalue weighted by Crippen LogP contribution is -2.55. The second kappa shape index (κ2) is 13.4. The third-order valence-corrected chi connectivity index (χ3v) is 11.5. The summed E-state index contributed by atoms with van der Waals surface area (Å²) in [4.78, 5) is 43.7. The molecule has 2 unspecified atom stereocenters. The second-order valence-electron chi connectivity index (χ2n) is 15.1. The standard InChI is InChI=1S/C36H37F3N8O6S/c1-36(2,3)53-34(48)44-32-20(8-40)25-28(41-9-23(38)30(25)54-32)24-21-14-51-15-22(21)26-29(27(24)39)42-33(52-13-19-7-16(37)10-45(19)4)43-31(26)47-17-5-6-18(47)12-46(11-17)35(49)50/h9,16-19H,5-7,10-15H2,1-4H3,(H,44,48)(H,49,50)/t16-,17?,18?,19+/m1/s1. The molecule has 0 spiro atoms. The maximum Gasteiger partial charge on any atom is 0.412 e. The molecule has 2 N–H and O–H groups in total. The van der Waals surface area contributed by atoms with Gasteiger partial charge in [-0.15, -0.1) is 11.3 Å². The summed E-state index contributed by atoms with van der Waals surface area (Å²) in [5.74, 6) is -1.24. The van der Waals surface area contributed by atoms with E-state index in [1.807, 2.05) is 15.9 Å². The van der Waals surface area contributed by atoms with Crippen LogP contribution >= 0.6 is 11.3 Å². The van der Waals surface area contributed by atoms with Gasteiger partial charge in [0.1, 0.15) is 40.8 Å². The van der Waals surface area contributed by atoms with Crippen molar-refractivity contribution < 1.29 is 42.1 Å². The molecule has 4 aliphatic heterocycles. The Balaban J connectivity index is 1.31. The molecule has 3 aromatic heterocycles.